The molecule has 47 heavy (non-hydrogen) atoms. The largest absolute Gasteiger partial charge is 0.507 e. The van der Waals surface area contributed by atoms with E-state index in [9.17, 15) is 18.3 Å². The highest BCUT2D eigenvalue weighted by atomic mass is 32.2. The number of fused-ring (bicyclic) bond motifs is 3. The number of pyridine rings is 1. The van der Waals surface area contributed by atoms with Gasteiger partial charge in [0.25, 0.3) is 5.56 Å². The second kappa shape index (κ2) is 12.1. The Bertz CT molecular complexity index is 2460. The molecule has 8 nitrogen and oxygen atoms in total. The van der Waals surface area contributed by atoms with E-state index in [4.69, 9.17) is 4.74 Å². The van der Waals surface area contributed by atoms with Gasteiger partial charge in [-0.15, -0.1) is 0 Å². The van der Waals surface area contributed by atoms with Crippen LogP contribution in [0.1, 0.15) is 28.3 Å². The molecule has 5 aromatic carbocycles. The van der Waals surface area contributed by atoms with Gasteiger partial charge in [0.05, 0.1) is 29.0 Å². The van der Waals surface area contributed by atoms with Crippen LogP contribution < -0.4 is 15.0 Å². The molecule has 3 N–H and O–H groups in total. The average molecular weight is 644 g/mol. The number of aromatic amines is 1. The van der Waals surface area contributed by atoms with Gasteiger partial charge in [0, 0.05) is 35.6 Å². The van der Waals surface area contributed by atoms with Gasteiger partial charge in [-0.25, -0.2) is 13.1 Å². The number of para-hydroxylation sites is 2. The molecular weight excluding hydrogens is 611 g/mol. The Labute approximate surface area is 271 Å². The lowest BCUT2D eigenvalue weighted by Gasteiger charge is -2.22. The monoisotopic (exact) mass is 643 g/mol. The number of methoxy groups -OCH3 is 1. The normalized spacial score (nSPS) is 12.6. The van der Waals surface area contributed by atoms with Crippen molar-refractivity contribution in [3.63, 3.8) is 0 Å². The minimum atomic E-state index is -3.82. The van der Waals surface area contributed by atoms with E-state index in [1.807, 2.05) is 84.9 Å². The van der Waals surface area contributed by atoms with Gasteiger partial charge in [-0.3, -0.25) is 4.79 Å². The minimum Gasteiger partial charge on any atom is -0.507 e. The van der Waals surface area contributed by atoms with Gasteiger partial charge >= 0.3 is 0 Å². The fourth-order valence-corrected chi connectivity index (χ4v) is 7.59. The first-order chi connectivity index (χ1) is 22.8. The van der Waals surface area contributed by atoms with Crippen molar-refractivity contribution in [2.24, 2.45) is 7.05 Å². The third kappa shape index (κ3) is 5.43. The Morgan fingerprint density at radius 1 is 0.851 bits per heavy atom. The van der Waals surface area contributed by atoms with E-state index in [1.54, 1.807) is 49.1 Å². The summed E-state index contributed by atoms with van der Waals surface area (Å²) in [6, 6.07) is 35.2. The first-order valence-corrected chi connectivity index (χ1v) is 16.8. The standard InChI is InChI=1S/C38H33N3O5S/c1-41-33-17-8-6-15-31(33)37(42)35(38(41)43)34(26-12-9-13-27(22-26)46-2)36-30(29-14-5-7-16-32(29)40-36)20-21-39-47(44,45)28-19-18-24-10-3-4-11-25(24)23-28/h3-19,22-23,34,39-40,42H,20-21H2,1-2H3. The molecule has 1 atom stereocenters. The number of ether oxygens (including phenoxy) is 1. The predicted octanol–water partition coefficient (Wildman–Crippen LogP) is 6.59. The zero-order valence-electron chi connectivity index (χ0n) is 25.9. The zero-order chi connectivity index (χ0) is 32.7. The third-order valence-corrected chi connectivity index (χ3v) is 10.3. The van der Waals surface area contributed by atoms with Crippen LogP contribution in [0.25, 0.3) is 32.6 Å². The van der Waals surface area contributed by atoms with Crippen molar-refractivity contribution in [3.05, 3.63) is 148 Å². The van der Waals surface area contributed by atoms with Gasteiger partial charge in [0.15, 0.2) is 0 Å². The van der Waals surface area contributed by atoms with Crippen LogP contribution in [0.5, 0.6) is 11.5 Å². The number of nitrogens with one attached hydrogen (secondary N) is 2. The lowest BCUT2D eigenvalue weighted by atomic mass is 9.85. The van der Waals surface area contributed by atoms with Gasteiger partial charge in [-0.05, 0) is 70.8 Å². The molecule has 0 saturated carbocycles. The smallest absolute Gasteiger partial charge is 0.258 e. The molecule has 0 radical (unpaired) electrons. The summed E-state index contributed by atoms with van der Waals surface area (Å²) in [7, 11) is -0.540. The molecule has 7 aromatic rings. The summed E-state index contributed by atoms with van der Waals surface area (Å²) in [5.41, 5.74) is 3.58. The van der Waals surface area contributed by atoms with E-state index in [1.165, 1.54) is 0 Å². The van der Waals surface area contributed by atoms with Crippen LogP contribution in [-0.4, -0.2) is 36.7 Å². The number of H-pyrrole nitrogens is 1. The van der Waals surface area contributed by atoms with E-state index in [0.29, 0.717) is 28.8 Å². The average Bonchev–Trinajstić information content (AvgIpc) is 3.46. The van der Waals surface area contributed by atoms with Crippen LogP contribution in [0.15, 0.2) is 125 Å². The SMILES string of the molecule is COc1cccc(C(c2[nH]c3ccccc3c2CCNS(=O)(=O)c2ccc3ccccc3c2)c2c(O)c3ccccc3n(C)c2=O)c1. The molecule has 2 aromatic heterocycles. The van der Waals surface area contributed by atoms with Crippen molar-refractivity contribution < 1.29 is 18.3 Å². The Morgan fingerprint density at radius 3 is 2.38 bits per heavy atom. The van der Waals surface area contributed by atoms with Crippen LogP contribution in [0.4, 0.5) is 0 Å². The summed E-state index contributed by atoms with van der Waals surface area (Å²) in [5, 5.41) is 15.0. The van der Waals surface area contributed by atoms with E-state index >= 15 is 0 Å². The second-order valence-corrected chi connectivity index (χ2v) is 13.3. The van der Waals surface area contributed by atoms with E-state index in [2.05, 4.69) is 9.71 Å². The van der Waals surface area contributed by atoms with E-state index in [0.717, 1.165) is 32.8 Å². The molecule has 0 saturated heterocycles. The number of hydrogen-bond donors (Lipinski definition) is 3. The minimum absolute atomic E-state index is 0.0990. The highest BCUT2D eigenvalue weighted by Gasteiger charge is 2.30. The van der Waals surface area contributed by atoms with Crippen LogP contribution >= 0.6 is 0 Å². The molecule has 1 unspecified atom stereocenters. The molecule has 0 fully saturated rings. The van der Waals surface area contributed by atoms with Gasteiger partial charge in [-0.2, -0.15) is 0 Å². The molecule has 236 valence electrons. The third-order valence-electron chi connectivity index (χ3n) is 8.86. The van der Waals surface area contributed by atoms with Crippen molar-refractivity contribution in [1.29, 1.82) is 0 Å². The highest BCUT2D eigenvalue weighted by Crippen LogP contribution is 2.41. The van der Waals surface area contributed by atoms with E-state index in [-0.39, 0.29) is 28.3 Å². The van der Waals surface area contributed by atoms with Gasteiger partial charge in [0.2, 0.25) is 10.0 Å². The molecular formula is C38H33N3O5S. The molecule has 0 bridgehead atoms. The lowest BCUT2D eigenvalue weighted by molar-refractivity contribution is 0.414. The fourth-order valence-electron chi connectivity index (χ4n) is 6.53. The maximum Gasteiger partial charge on any atom is 0.258 e. The predicted molar refractivity (Wildman–Crippen MR) is 186 cm³/mol. The number of aromatic nitrogens is 2. The first kappa shape index (κ1) is 30.3. The van der Waals surface area contributed by atoms with Gasteiger partial charge < -0.3 is 19.4 Å². The topological polar surface area (TPSA) is 113 Å². The number of nitrogens with zero attached hydrogens (tertiary/aromatic N) is 1. The van der Waals surface area contributed by atoms with Crippen molar-refractivity contribution in [3.8, 4) is 11.5 Å². The van der Waals surface area contributed by atoms with Crippen molar-refractivity contribution >= 4 is 42.6 Å². The summed E-state index contributed by atoms with van der Waals surface area (Å²) in [4.78, 5) is 17.9. The quantitative estimate of drug-likeness (QED) is 0.164. The Hall–Kier alpha value is -5.38. The Morgan fingerprint density at radius 2 is 1.57 bits per heavy atom. The molecule has 0 aliphatic heterocycles. The second-order valence-electron chi connectivity index (χ2n) is 11.6. The fraction of sp³-hybridized carbons (Fsp3) is 0.132. The number of rotatable bonds is 9. The molecule has 2 heterocycles. The Kier molecular flexibility index (Phi) is 7.79. The van der Waals surface area contributed by atoms with Crippen LogP contribution in [0, 0.1) is 0 Å². The van der Waals surface area contributed by atoms with Gasteiger partial charge in [-0.1, -0.05) is 72.8 Å². The summed E-state index contributed by atoms with van der Waals surface area (Å²) in [6.07, 6.45) is 0.321. The molecule has 0 aliphatic carbocycles. The van der Waals surface area contributed by atoms with Crippen molar-refractivity contribution in [1.82, 2.24) is 14.3 Å². The van der Waals surface area contributed by atoms with E-state index < -0.39 is 15.9 Å². The lowest BCUT2D eigenvalue weighted by Crippen LogP contribution is -2.27. The number of aryl methyl sites for hydroxylation is 1. The van der Waals surface area contributed by atoms with Crippen molar-refractivity contribution in [2.45, 2.75) is 17.2 Å². The molecule has 9 heteroatoms. The number of benzene rings is 5. The number of hydrogen-bond acceptors (Lipinski definition) is 5. The van der Waals surface area contributed by atoms with Gasteiger partial charge in [0.1, 0.15) is 11.5 Å². The summed E-state index contributed by atoms with van der Waals surface area (Å²) in [5.74, 6) is -0.226. The first-order valence-electron chi connectivity index (χ1n) is 15.3. The molecule has 0 amide bonds. The Balaban J connectivity index is 1.36. The maximum absolute atomic E-state index is 14.1. The maximum atomic E-state index is 14.1. The molecule has 0 spiro atoms. The van der Waals surface area contributed by atoms with Crippen LogP contribution in [0.2, 0.25) is 0 Å². The summed E-state index contributed by atoms with van der Waals surface area (Å²) >= 11 is 0. The number of aromatic hydroxyl groups is 1. The summed E-state index contributed by atoms with van der Waals surface area (Å²) < 4.78 is 36.8. The molecule has 7 rings (SSSR count). The van der Waals surface area contributed by atoms with Crippen molar-refractivity contribution in [2.75, 3.05) is 13.7 Å². The van der Waals surface area contributed by atoms with Crippen LogP contribution in [-0.2, 0) is 23.5 Å². The number of sulfonamides is 1. The zero-order valence-corrected chi connectivity index (χ0v) is 26.7. The molecule has 0 aliphatic rings. The van der Waals surface area contributed by atoms with Crippen LogP contribution in [0.3, 0.4) is 0 Å². The summed E-state index contributed by atoms with van der Waals surface area (Å²) in [6.45, 7) is 0.108. The highest BCUT2D eigenvalue weighted by molar-refractivity contribution is 7.89.